The molecule has 3 rings (SSSR count). The van der Waals surface area contributed by atoms with Gasteiger partial charge in [-0.15, -0.1) is 11.3 Å². The maximum Gasteiger partial charge on any atom is 0.0607 e. The van der Waals surface area contributed by atoms with Crippen LogP contribution in [0, 0.1) is 0 Å². The van der Waals surface area contributed by atoms with Crippen LogP contribution in [-0.4, -0.2) is 13.1 Å². The monoisotopic (exact) mass is 350 g/mol. The number of hydrogen-bond acceptors (Lipinski definition) is 3. The lowest BCUT2D eigenvalue weighted by Crippen LogP contribution is -2.25. The second-order valence-corrected chi connectivity index (χ2v) is 7.19. The molecule has 1 aromatic carbocycles. The summed E-state index contributed by atoms with van der Waals surface area (Å²) in [5.41, 5.74) is 8.62. The Morgan fingerprint density at radius 1 is 1.45 bits per heavy atom. The standard InChI is InChI=1S/C16H19BrN2S/c1-11(16-8-13(17)10-20-16)19-9-12(6-7-18)14-4-2-3-5-15(14)19/h2-5,8,10-12H,6-7,9,18H2,1H3. The maximum atomic E-state index is 5.78. The minimum absolute atomic E-state index is 0.412. The molecule has 2 N–H and O–H groups in total. The molecule has 0 saturated carbocycles. The Hall–Kier alpha value is -0.840. The lowest BCUT2D eigenvalue weighted by atomic mass is 9.98. The molecule has 0 aliphatic carbocycles. The first-order chi connectivity index (χ1) is 9.70. The van der Waals surface area contributed by atoms with Crippen LogP contribution >= 0.6 is 27.3 Å². The van der Waals surface area contributed by atoms with Gasteiger partial charge < -0.3 is 10.6 Å². The summed E-state index contributed by atoms with van der Waals surface area (Å²) >= 11 is 5.37. The third-order valence-corrected chi connectivity index (χ3v) is 5.95. The van der Waals surface area contributed by atoms with Crippen LogP contribution in [0.25, 0.3) is 0 Å². The number of nitrogens with two attached hydrogens (primary N) is 1. The summed E-state index contributed by atoms with van der Waals surface area (Å²) in [5, 5.41) is 2.16. The first-order valence-electron chi connectivity index (χ1n) is 7.00. The Bertz CT molecular complexity index is 596. The number of para-hydroxylation sites is 1. The van der Waals surface area contributed by atoms with Crippen molar-refractivity contribution in [3.8, 4) is 0 Å². The van der Waals surface area contributed by atoms with Crippen molar-refractivity contribution in [1.29, 1.82) is 0 Å². The van der Waals surface area contributed by atoms with Crippen LogP contribution in [0.15, 0.2) is 40.2 Å². The number of fused-ring (bicyclic) bond motifs is 1. The minimum Gasteiger partial charge on any atom is -0.363 e. The molecule has 1 aromatic heterocycles. The molecule has 2 atom stereocenters. The van der Waals surface area contributed by atoms with Gasteiger partial charge in [0.25, 0.3) is 0 Å². The van der Waals surface area contributed by atoms with Crippen LogP contribution in [0.3, 0.4) is 0 Å². The van der Waals surface area contributed by atoms with E-state index in [0.717, 1.165) is 19.5 Å². The van der Waals surface area contributed by atoms with Crippen molar-refractivity contribution in [1.82, 2.24) is 0 Å². The molecule has 2 nitrogen and oxygen atoms in total. The Morgan fingerprint density at radius 3 is 2.95 bits per heavy atom. The summed E-state index contributed by atoms with van der Waals surface area (Å²) in [5.74, 6) is 0.571. The molecule has 4 heteroatoms. The van der Waals surface area contributed by atoms with Crippen LogP contribution in [0.5, 0.6) is 0 Å². The number of thiophene rings is 1. The number of rotatable bonds is 4. The number of anilines is 1. The molecule has 106 valence electrons. The van der Waals surface area contributed by atoms with Crippen LogP contribution in [-0.2, 0) is 0 Å². The third kappa shape index (κ3) is 2.52. The highest BCUT2D eigenvalue weighted by molar-refractivity contribution is 9.10. The summed E-state index contributed by atoms with van der Waals surface area (Å²) in [6, 6.07) is 11.4. The van der Waals surface area contributed by atoms with Gasteiger partial charge in [-0.2, -0.15) is 0 Å². The molecule has 1 aliphatic rings. The largest absolute Gasteiger partial charge is 0.363 e. The summed E-state index contributed by atoms with van der Waals surface area (Å²) < 4.78 is 1.18. The third-order valence-electron chi connectivity index (χ3n) is 4.09. The van der Waals surface area contributed by atoms with E-state index in [1.807, 2.05) is 11.3 Å². The molecule has 20 heavy (non-hydrogen) atoms. The van der Waals surface area contributed by atoms with Gasteiger partial charge in [0.05, 0.1) is 6.04 Å². The Labute approximate surface area is 132 Å². The smallest absolute Gasteiger partial charge is 0.0607 e. The Morgan fingerprint density at radius 2 is 2.25 bits per heavy atom. The Balaban J connectivity index is 1.91. The zero-order valence-electron chi connectivity index (χ0n) is 11.6. The predicted molar refractivity (Wildman–Crippen MR) is 90.6 cm³/mol. The number of halogens is 1. The summed E-state index contributed by atoms with van der Waals surface area (Å²) in [6.07, 6.45) is 1.06. The average Bonchev–Trinajstić information content (AvgIpc) is 3.04. The van der Waals surface area contributed by atoms with Gasteiger partial charge in [0.1, 0.15) is 0 Å². The van der Waals surface area contributed by atoms with E-state index >= 15 is 0 Å². The van der Waals surface area contributed by atoms with E-state index < -0.39 is 0 Å². The van der Waals surface area contributed by atoms with Crippen LogP contribution in [0.1, 0.15) is 35.7 Å². The van der Waals surface area contributed by atoms with Gasteiger partial charge in [-0.1, -0.05) is 18.2 Å². The van der Waals surface area contributed by atoms with Crippen LogP contribution in [0.4, 0.5) is 5.69 Å². The highest BCUT2D eigenvalue weighted by Crippen LogP contribution is 2.43. The molecular weight excluding hydrogens is 332 g/mol. The topological polar surface area (TPSA) is 29.3 Å². The molecular formula is C16H19BrN2S. The lowest BCUT2D eigenvalue weighted by Gasteiger charge is -2.27. The molecule has 2 heterocycles. The molecule has 0 fully saturated rings. The van der Waals surface area contributed by atoms with Crippen molar-refractivity contribution in [2.75, 3.05) is 18.0 Å². The van der Waals surface area contributed by atoms with Gasteiger partial charge in [-0.3, -0.25) is 0 Å². The minimum atomic E-state index is 0.412. The SMILES string of the molecule is CC(c1cc(Br)cs1)N1CC(CCN)c2ccccc21. The van der Waals surface area contributed by atoms with Crippen molar-refractivity contribution in [2.45, 2.75) is 25.3 Å². The second kappa shape index (κ2) is 5.88. The van der Waals surface area contributed by atoms with E-state index in [1.54, 1.807) is 0 Å². The normalized spacial score (nSPS) is 19.1. The van der Waals surface area contributed by atoms with Crippen LogP contribution in [0.2, 0.25) is 0 Å². The van der Waals surface area contributed by atoms with Gasteiger partial charge in [0.2, 0.25) is 0 Å². The molecule has 0 saturated heterocycles. The van der Waals surface area contributed by atoms with Gasteiger partial charge >= 0.3 is 0 Å². The Kier molecular flexibility index (Phi) is 4.15. The zero-order valence-corrected chi connectivity index (χ0v) is 14.0. The van der Waals surface area contributed by atoms with Gasteiger partial charge in [-0.25, -0.2) is 0 Å². The molecule has 2 aromatic rings. The number of hydrogen-bond donors (Lipinski definition) is 1. The molecule has 0 spiro atoms. The predicted octanol–water partition coefficient (Wildman–Crippen LogP) is 4.52. The van der Waals surface area contributed by atoms with E-state index in [2.05, 4.69) is 63.5 Å². The molecule has 0 amide bonds. The van der Waals surface area contributed by atoms with E-state index in [0.29, 0.717) is 12.0 Å². The molecule has 0 bridgehead atoms. The molecule has 0 radical (unpaired) electrons. The number of nitrogens with zero attached hydrogens (tertiary/aromatic N) is 1. The van der Waals surface area contributed by atoms with Crippen molar-refractivity contribution >= 4 is 33.0 Å². The van der Waals surface area contributed by atoms with Gasteiger partial charge in [0.15, 0.2) is 0 Å². The highest BCUT2D eigenvalue weighted by atomic mass is 79.9. The lowest BCUT2D eigenvalue weighted by molar-refractivity contribution is 0.610. The van der Waals surface area contributed by atoms with E-state index in [4.69, 9.17) is 5.73 Å². The molecule has 1 aliphatic heterocycles. The highest BCUT2D eigenvalue weighted by Gasteiger charge is 2.31. The number of benzene rings is 1. The summed E-state index contributed by atoms with van der Waals surface area (Å²) in [6.45, 7) is 4.12. The maximum absolute atomic E-state index is 5.78. The fraction of sp³-hybridized carbons (Fsp3) is 0.375. The first-order valence-corrected chi connectivity index (χ1v) is 8.67. The van der Waals surface area contributed by atoms with Crippen LogP contribution < -0.4 is 10.6 Å². The van der Waals surface area contributed by atoms with Crippen molar-refractivity contribution < 1.29 is 0 Å². The van der Waals surface area contributed by atoms with Crippen molar-refractivity contribution in [3.05, 3.63) is 50.6 Å². The van der Waals surface area contributed by atoms with E-state index in [1.165, 1.54) is 20.6 Å². The average molecular weight is 351 g/mol. The second-order valence-electron chi connectivity index (χ2n) is 5.33. The van der Waals surface area contributed by atoms with Crippen molar-refractivity contribution in [2.24, 2.45) is 5.73 Å². The van der Waals surface area contributed by atoms with Gasteiger partial charge in [-0.05, 0) is 53.5 Å². The van der Waals surface area contributed by atoms with Gasteiger partial charge in [0, 0.05) is 32.9 Å². The fourth-order valence-electron chi connectivity index (χ4n) is 3.04. The summed E-state index contributed by atoms with van der Waals surface area (Å²) in [7, 11) is 0. The zero-order chi connectivity index (χ0) is 14.1. The quantitative estimate of drug-likeness (QED) is 0.877. The van der Waals surface area contributed by atoms with E-state index in [9.17, 15) is 0 Å². The van der Waals surface area contributed by atoms with E-state index in [-0.39, 0.29) is 0 Å². The first kappa shape index (κ1) is 14.1. The van der Waals surface area contributed by atoms with Crippen molar-refractivity contribution in [3.63, 3.8) is 0 Å². The fourth-order valence-corrected chi connectivity index (χ4v) is 4.56. The molecule has 2 unspecified atom stereocenters. The summed E-state index contributed by atoms with van der Waals surface area (Å²) in [4.78, 5) is 3.92.